The van der Waals surface area contributed by atoms with Gasteiger partial charge in [-0.3, -0.25) is 0 Å². The van der Waals surface area contributed by atoms with Crippen molar-refractivity contribution in [2.75, 3.05) is 0 Å². The van der Waals surface area contributed by atoms with Crippen LogP contribution in [0.3, 0.4) is 0 Å². The number of carboxylic acid groups (broad SMARTS) is 1. The number of rotatable bonds is 2. The van der Waals surface area contributed by atoms with Crippen molar-refractivity contribution in [1.82, 2.24) is 0 Å². The first-order valence-corrected chi connectivity index (χ1v) is 5.46. The predicted molar refractivity (Wildman–Crippen MR) is 65.1 cm³/mol. The van der Waals surface area contributed by atoms with Crippen LogP contribution in [0.25, 0.3) is 5.57 Å². The summed E-state index contributed by atoms with van der Waals surface area (Å²) in [4.78, 5) is 10.8. The molecule has 0 heterocycles. The average molecular weight is 290 g/mol. The molecule has 0 bridgehead atoms. The minimum atomic E-state index is -0.904. The van der Waals surface area contributed by atoms with Crippen LogP contribution in [0.4, 0.5) is 0 Å². The van der Waals surface area contributed by atoms with E-state index in [4.69, 9.17) is 16.7 Å². The highest BCUT2D eigenvalue weighted by molar-refractivity contribution is 9.10. The maximum Gasteiger partial charge on any atom is 0.331 e. The molecule has 80 valence electrons. The highest BCUT2D eigenvalue weighted by atomic mass is 79.9. The molecule has 0 saturated heterocycles. The Balaban J connectivity index is 3.23. The van der Waals surface area contributed by atoms with Crippen LogP contribution in [-0.4, -0.2) is 11.1 Å². The van der Waals surface area contributed by atoms with E-state index in [1.54, 1.807) is 26.0 Å². The van der Waals surface area contributed by atoms with Gasteiger partial charge in [0.2, 0.25) is 0 Å². The second-order valence-corrected chi connectivity index (χ2v) is 4.45. The lowest BCUT2D eigenvalue weighted by Crippen LogP contribution is -1.99. The van der Waals surface area contributed by atoms with Gasteiger partial charge in [0.05, 0.1) is 5.02 Å². The molecule has 0 radical (unpaired) electrons. The van der Waals surface area contributed by atoms with E-state index >= 15 is 0 Å². The molecule has 1 rings (SSSR count). The SMILES string of the molecule is C/C(C(=O)O)=C(/C)c1ccc(Cl)c(Br)c1. The first-order chi connectivity index (χ1) is 6.93. The summed E-state index contributed by atoms with van der Waals surface area (Å²) in [6.45, 7) is 3.36. The fraction of sp³-hybridized carbons (Fsp3) is 0.182. The Morgan fingerprint density at radius 1 is 1.40 bits per heavy atom. The second-order valence-electron chi connectivity index (χ2n) is 3.18. The van der Waals surface area contributed by atoms with Crippen LogP contribution in [0.2, 0.25) is 5.02 Å². The number of benzene rings is 1. The standard InChI is InChI=1S/C11H10BrClO2/c1-6(7(2)11(14)15)8-3-4-10(13)9(12)5-8/h3-5H,1-2H3,(H,14,15)/b7-6+. The molecule has 1 N–H and O–H groups in total. The zero-order valence-electron chi connectivity index (χ0n) is 8.34. The van der Waals surface area contributed by atoms with Gasteiger partial charge in [-0.1, -0.05) is 17.7 Å². The summed E-state index contributed by atoms with van der Waals surface area (Å²) in [5.41, 5.74) is 1.93. The number of carbonyl (C=O) groups is 1. The molecule has 0 aliphatic heterocycles. The molecular weight excluding hydrogens is 279 g/mol. The molecule has 0 aliphatic carbocycles. The summed E-state index contributed by atoms with van der Waals surface area (Å²) < 4.78 is 0.763. The summed E-state index contributed by atoms with van der Waals surface area (Å²) in [6, 6.07) is 5.35. The Kier molecular flexibility index (Phi) is 3.94. The number of carboxylic acids is 1. The molecule has 0 aliphatic rings. The zero-order chi connectivity index (χ0) is 11.6. The van der Waals surface area contributed by atoms with Crippen LogP contribution >= 0.6 is 27.5 Å². The van der Waals surface area contributed by atoms with Gasteiger partial charge in [0.15, 0.2) is 0 Å². The van der Waals surface area contributed by atoms with Crippen molar-refractivity contribution in [1.29, 1.82) is 0 Å². The highest BCUT2D eigenvalue weighted by Gasteiger charge is 2.08. The molecule has 0 saturated carbocycles. The van der Waals surface area contributed by atoms with Crippen LogP contribution in [0.5, 0.6) is 0 Å². The molecule has 4 heteroatoms. The van der Waals surface area contributed by atoms with Crippen LogP contribution < -0.4 is 0 Å². The summed E-state index contributed by atoms with van der Waals surface area (Å²) in [5.74, 6) is -0.904. The van der Waals surface area contributed by atoms with E-state index in [0.717, 1.165) is 15.6 Å². The van der Waals surface area contributed by atoms with Gasteiger partial charge in [-0.2, -0.15) is 0 Å². The number of aliphatic carboxylic acids is 1. The molecule has 0 unspecified atom stereocenters. The maximum atomic E-state index is 10.8. The Morgan fingerprint density at radius 3 is 2.47 bits per heavy atom. The van der Waals surface area contributed by atoms with E-state index in [0.29, 0.717) is 10.6 Å². The fourth-order valence-corrected chi connectivity index (χ4v) is 1.60. The van der Waals surface area contributed by atoms with Gasteiger partial charge < -0.3 is 5.11 Å². The van der Waals surface area contributed by atoms with Crippen molar-refractivity contribution in [3.8, 4) is 0 Å². The van der Waals surface area contributed by atoms with Crippen molar-refractivity contribution in [2.24, 2.45) is 0 Å². The lowest BCUT2D eigenvalue weighted by Gasteiger charge is -2.06. The Bertz CT molecular complexity index is 438. The minimum absolute atomic E-state index is 0.337. The van der Waals surface area contributed by atoms with Gasteiger partial charge in [0.1, 0.15) is 0 Å². The predicted octanol–water partition coefficient (Wildman–Crippen LogP) is 3.98. The van der Waals surface area contributed by atoms with Gasteiger partial charge in [-0.15, -0.1) is 0 Å². The third-order valence-corrected chi connectivity index (χ3v) is 3.45. The van der Waals surface area contributed by atoms with E-state index in [9.17, 15) is 4.79 Å². The van der Waals surface area contributed by atoms with Gasteiger partial charge >= 0.3 is 5.97 Å². The zero-order valence-corrected chi connectivity index (χ0v) is 10.7. The van der Waals surface area contributed by atoms with Gasteiger partial charge in [-0.25, -0.2) is 4.79 Å². The van der Waals surface area contributed by atoms with Crippen molar-refractivity contribution in [3.05, 3.63) is 38.8 Å². The topological polar surface area (TPSA) is 37.3 Å². The molecule has 2 nitrogen and oxygen atoms in total. The lowest BCUT2D eigenvalue weighted by atomic mass is 10.0. The quantitative estimate of drug-likeness (QED) is 0.836. The second kappa shape index (κ2) is 4.81. The molecule has 0 amide bonds. The Hall–Kier alpha value is -0.800. The van der Waals surface area contributed by atoms with Gasteiger partial charge in [-0.05, 0) is 53.0 Å². The van der Waals surface area contributed by atoms with Crippen molar-refractivity contribution < 1.29 is 9.90 Å². The number of hydrogen-bond acceptors (Lipinski definition) is 1. The van der Waals surface area contributed by atoms with Crippen LogP contribution in [-0.2, 0) is 4.79 Å². The number of allylic oxidation sites excluding steroid dienone is 1. The summed E-state index contributed by atoms with van der Waals surface area (Å²) in [7, 11) is 0. The molecule has 0 aromatic heterocycles. The lowest BCUT2D eigenvalue weighted by molar-refractivity contribution is -0.132. The van der Waals surface area contributed by atoms with E-state index in [1.807, 2.05) is 6.07 Å². The van der Waals surface area contributed by atoms with E-state index in [2.05, 4.69) is 15.9 Å². The third-order valence-electron chi connectivity index (χ3n) is 2.24. The summed E-state index contributed by atoms with van der Waals surface area (Å²) in [6.07, 6.45) is 0. The molecule has 0 atom stereocenters. The maximum absolute atomic E-state index is 10.8. The van der Waals surface area contributed by atoms with Crippen LogP contribution in [0.15, 0.2) is 28.2 Å². The normalized spacial score (nSPS) is 12.3. The molecular formula is C11H10BrClO2. The van der Waals surface area contributed by atoms with Crippen LogP contribution in [0, 0.1) is 0 Å². The van der Waals surface area contributed by atoms with E-state index < -0.39 is 5.97 Å². The average Bonchev–Trinajstić information content (AvgIpc) is 2.19. The molecule has 1 aromatic carbocycles. The minimum Gasteiger partial charge on any atom is -0.478 e. The number of halogens is 2. The fourth-order valence-electron chi connectivity index (χ4n) is 1.11. The molecule has 15 heavy (non-hydrogen) atoms. The molecule has 0 spiro atoms. The highest BCUT2D eigenvalue weighted by Crippen LogP contribution is 2.27. The summed E-state index contributed by atoms with van der Waals surface area (Å²) >= 11 is 9.15. The Morgan fingerprint density at radius 2 is 2.00 bits per heavy atom. The van der Waals surface area contributed by atoms with Crippen molar-refractivity contribution in [2.45, 2.75) is 13.8 Å². The van der Waals surface area contributed by atoms with Gasteiger partial charge in [0.25, 0.3) is 0 Å². The molecule has 1 aromatic rings. The van der Waals surface area contributed by atoms with Crippen molar-refractivity contribution in [3.63, 3.8) is 0 Å². The Labute approximate surface area is 102 Å². The number of hydrogen-bond donors (Lipinski definition) is 1. The van der Waals surface area contributed by atoms with Gasteiger partial charge in [0, 0.05) is 10.0 Å². The first kappa shape index (κ1) is 12.3. The largest absolute Gasteiger partial charge is 0.478 e. The van der Waals surface area contributed by atoms with E-state index in [-0.39, 0.29) is 0 Å². The third kappa shape index (κ3) is 2.83. The first-order valence-electron chi connectivity index (χ1n) is 4.29. The van der Waals surface area contributed by atoms with E-state index in [1.165, 1.54) is 0 Å². The monoisotopic (exact) mass is 288 g/mol. The van der Waals surface area contributed by atoms with Crippen LogP contribution in [0.1, 0.15) is 19.4 Å². The van der Waals surface area contributed by atoms with Crippen molar-refractivity contribution >= 4 is 39.1 Å². The molecule has 0 fully saturated rings. The smallest absolute Gasteiger partial charge is 0.331 e. The summed E-state index contributed by atoms with van der Waals surface area (Å²) in [5, 5.41) is 9.45.